The van der Waals surface area contributed by atoms with Crippen molar-refractivity contribution in [3.63, 3.8) is 0 Å². The Labute approximate surface area is 60.9 Å². The van der Waals surface area contributed by atoms with Crippen molar-refractivity contribution in [1.82, 2.24) is 0 Å². The van der Waals surface area contributed by atoms with E-state index < -0.39 is 0 Å². The lowest BCUT2D eigenvalue weighted by molar-refractivity contribution is -0.151. The average molecular weight is 140 g/mol. The molecule has 0 aromatic rings. The van der Waals surface area contributed by atoms with Crippen molar-refractivity contribution in [3.05, 3.63) is 11.6 Å². The maximum absolute atomic E-state index is 10.8. The Morgan fingerprint density at radius 3 is 2.60 bits per heavy atom. The van der Waals surface area contributed by atoms with Gasteiger partial charge in [0.2, 0.25) is 0 Å². The second-order valence-electron chi connectivity index (χ2n) is 3.35. The number of rotatable bonds is 0. The molecule has 2 nitrogen and oxygen atoms in total. The second kappa shape index (κ2) is 2.11. The van der Waals surface area contributed by atoms with Crippen LogP contribution in [0.2, 0.25) is 0 Å². The van der Waals surface area contributed by atoms with E-state index in [0.29, 0.717) is 0 Å². The quantitative estimate of drug-likeness (QED) is 0.478. The number of cyclic esters (lactones) is 1. The Balaban J connectivity index is 2.80. The summed E-state index contributed by atoms with van der Waals surface area (Å²) in [5.41, 5.74) is 0.803. The molecular weight excluding hydrogens is 128 g/mol. The van der Waals surface area contributed by atoms with Gasteiger partial charge in [-0.15, -0.1) is 0 Å². The van der Waals surface area contributed by atoms with Crippen LogP contribution in [-0.2, 0) is 9.53 Å². The number of hydrogen-bond acceptors (Lipinski definition) is 2. The van der Waals surface area contributed by atoms with Gasteiger partial charge in [0.25, 0.3) is 0 Å². The third-order valence-corrected chi connectivity index (χ3v) is 1.45. The van der Waals surface area contributed by atoms with Gasteiger partial charge >= 0.3 is 5.97 Å². The molecule has 1 rings (SSSR count). The van der Waals surface area contributed by atoms with E-state index in [9.17, 15) is 4.79 Å². The number of carbonyl (C=O) groups is 1. The Morgan fingerprint density at radius 1 is 1.60 bits per heavy atom. The fourth-order valence-electron chi connectivity index (χ4n) is 1.26. The Hall–Kier alpha value is -0.790. The molecule has 2 heteroatoms. The molecule has 0 aromatic heterocycles. The van der Waals surface area contributed by atoms with Gasteiger partial charge in [-0.05, 0) is 20.8 Å². The van der Waals surface area contributed by atoms with Crippen LogP contribution in [0.5, 0.6) is 0 Å². The minimum absolute atomic E-state index is 0.214. The molecule has 1 heterocycles. The maximum atomic E-state index is 10.8. The van der Waals surface area contributed by atoms with Crippen molar-refractivity contribution in [1.29, 1.82) is 0 Å². The molecule has 0 saturated heterocycles. The third-order valence-electron chi connectivity index (χ3n) is 1.45. The van der Waals surface area contributed by atoms with Gasteiger partial charge in [-0.2, -0.15) is 0 Å². The summed E-state index contributed by atoms with van der Waals surface area (Å²) in [6, 6.07) is 0. The van der Waals surface area contributed by atoms with E-state index in [2.05, 4.69) is 0 Å². The zero-order chi connectivity index (χ0) is 7.78. The highest BCUT2D eigenvalue weighted by Crippen LogP contribution is 2.24. The second-order valence-corrected chi connectivity index (χ2v) is 3.35. The van der Waals surface area contributed by atoms with E-state index >= 15 is 0 Å². The molecule has 0 spiro atoms. The lowest BCUT2D eigenvalue weighted by Crippen LogP contribution is -2.30. The molecule has 0 atom stereocenters. The van der Waals surface area contributed by atoms with Crippen LogP contribution in [0.1, 0.15) is 27.2 Å². The predicted octanol–water partition coefficient (Wildman–Crippen LogP) is 1.66. The molecule has 0 radical (unpaired) electrons. The normalized spacial score (nSPS) is 23.5. The standard InChI is InChI=1S/C8H12O2/c1-6-4-7(9)10-8(2,3)5-6/h4H,5H2,1-3H3. The summed E-state index contributed by atoms with van der Waals surface area (Å²) in [4.78, 5) is 10.8. The van der Waals surface area contributed by atoms with Crippen molar-refractivity contribution < 1.29 is 9.53 Å². The van der Waals surface area contributed by atoms with Crippen molar-refractivity contribution in [2.45, 2.75) is 32.8 Å². The molecule has 0 amide bonds. The van der Waals surface area contributed by atoms with E-state index in [-0.39, 0.29) is 11.6 Å². The highest BCUT2D eigenvalue weighted by molar-refractivity contribution is 5.84. The van der Waals surface area contributed by atoms with Crippen LogP contribution in [0.4, 0.5) is 0 Å². The van der Waals surface area contributed by atoms with Gasteiger partial charge in [-0.3, -0.25) is 0 Å². The molecule has 1 aliphatic rings. The van der Waals surface area contributed by atoms with Gasteiger partial charge in [0.15, 0.2) is 0 Å². The summed E-state index contributed by atoms with van der Waals surface area (Å²) in [7, 11) is 0. The van der Waals surface area contributed by atoms with Crippen LogP contribution in [0, 0.1) is 0 Å². The predicted molar refractivity (Wildman–Crippen MR) is 38.5 cm³/mol. The molecular formula is C8H12O2. The molecule has 10 heavy (non-hydrogen) atoms. The number of carbonyl (C=O) groups excluding carboxylic acids is 1. The molecule has 0 saturated carbocycles. The molecule has 0 N–H and O–H groups in total. The van der Waals surface area contributed by atoms with E-state index in [1.54, 1.807) is 6.08 Å². The first-order valence-corrected chi connectivity index (χ1v) is 3.40. The molecule has 0 bridgehead atoms. The van der Waals surface area contributed by atoms with Crippen LogP contribution < -0.4 is 0 Å². The first kappa shape index (κ1) is 7.32. The zero-order valence-corrected chi connectivity index (χ0v) is 6.60. The van der Waals surface area contributed by atoms with Crippen LogP contribution in [0.15, 0.2) is 11.6 Å². The minimum Gasteiger partial charge on any atom is -0.456 e. The number of esters is 1. The van der Waals surface area contributed by atoms with Gasteiger partial charge < -0.3 is 4.74 Å². The van der Waals surface area contributed by atoms with Crippen LogP contribution >= 0.6 is 0 Å². The minimum atomic E-state index is -0.296. The highest BCUT2D eigenvalue weighted by Gasteiger charge is 2.26. The topological polar surface area (TPSA) is 26.3 Å². The molecule has 0 unspecified atom stereocenters. The summed E-state index contributed by atoms with van der Waals surface area (Å²) >= 11 is 0. The largest absolute Gasteiger partial charge is 0.456 e. The fourth-order valence-corrected chi connectivity index (χ4v) is 1.26. The fraction of sp³-hybridized carbons (Fsp3) is 0.625. The zero-order valence-electron chi connectivity index (χ0n) is 6.60. The third kappa shape index (κ3) is 1.59. The van der Waals surface area contributed by atoms with Gasteiger partial charge in [0.1, 0.15) is 5.60 Å². The Kier molecular flexibility index (Phi) is 1.55. The summed E-state index contributed by atoms with van der Waals surface area (Å²) in [5, 5.41) is 0. The SMILES string of the molecule is CC1=CC(=O)OC(C)(C)C1. The molecule has 0 aliphatic carbocycles. The van der Waals surface area contributed by atoms with Gasteiger partial charge in [0, 0.05) is 12.5 Å². The summed E-state index contributed by atoms with van der Waals surface area (Å²) in [6.45, 7) is 5.78. The van der Waals surface area contributed by atoms with Crippen molar-refractivity contribution in [3.8, 4) is 0 Å². The van der Waals surface area contributed by atoms with E-state index in [0.717, 1.165) is 12.0 Å². The summed E-state index contributed by atoms with van der Waals surface area (Å²) < 4.78 is 5.03. The summed E-state index contributed by atoms with van der Waals surface area (Å²) in [6.07, 6.45) is 2.39. The van der Waals surface area contributed by atoms with Gasteiger partial charge in [-0.25, -0.2) is 4.79 Å². The smallest absolute Gasteiger partial charge is 0.331 e. The lowest BCUT2D eigenvalue weighted by atomic mass is 9.97. The highest BCUT2D eigenvalue weighted by atomic mass is 16.6. The average Bonchev–Trinajstić information content (AvgIpc) is 1.54. The van der Waals surface area contributed by atoms with Crippen molar-refractivity contribution in [2.24, 2.45) is 0 Å². The Morgan fingerprint density at radius 2 is 2.20 bits per heavy atom. The first-order chi connectivity index (χ1) is 4.49. The first-order valence-electron chi connectivity index (χ1n) is 3.40. The number of ether oxygens (including phenoxy) is 1. The van der Waals surface area contributed by atoms with Crippen molar-refractivity contribution in [2.75, 3.05) is 0 Å². The Bertz CT molecular complexity index is 189. The molecule has 56 valence electrons. The van der Waals surface area contributed by atoms with Gasteiger partial charge in [-0.1, -0.05) is 5.57 Å². The van der Waals surface area contributed by atoms with Crippen LogP contribution in [0.3, 0.4) is 0 Å². The lowest BCUT2D eigenvalue weighted by Gasteiger charge is -2.28. The molecule has 0 fully saturated rings. The van der Waals surface area contributed by atoms with Crippen molar-refractivity contribution >= 4 is 5.97 Å². The van der Waals surface area contributed by atoms with Crippen LogP contribution in [-0.4, -0.2) is 11.6 Å². The number of hydrogen-bond donors (Lipinski definition) is 0. The maximum Gasteiger partial charge on any atom is 0.331 e. The van der Waals surface area contributed by atoms with E-state index in [4.69, 9.17) is 4.74 Å². The van der Waals surface area contributed by atoms with E-state index in [1.807, 2.05) is 20.8 Å². The van der Waals surface area contributed by atoms with Crippen LogP contribution in [0.25, 0.3) is 0 Å². The molecule has 1 aliphatic heterocycles. The summed E-state index contributed by atoms with van der Waals surface area (Å²) in [5.74, 6) is -0.214. The molecule has 0 aromatic carbocycles. The monoisotopic (exact) mass is 140 g/mol. The van der Waals surface area contributed by atoms with E-state index in [1.165, 1.54) is 0 Å². The van der Waals surface area contributed by atoms with Gasteiger partial charge in [0.05, 0.1) is 0 Å².